The Labute approximate surface area is 178 Å². The molecule has 0 bridgehead atoms. The Morgan fingerprint density at radius 3 is 2.69 bits per heavy atom. The van der Waals surface area contributed by atoms with Gasteiger partial charge in [0.15, 0.2) is 21.2 Å². The first-order valence-electron chi connectivity index (χ1n) is 9.17. The number of halogens is 1. The number of benzene rings is 2. The van der Waals surface area contributed by atoms with Gasteiger partial charge in [-0.2, -0.15) is 0 Å². The molecule has 2 aromatic carbocycles. The van der Waals surface area contributed by atoms with E-state index in [1.54, 1.807) is 25.1 Å². The first kappa shape index (κ1) is 21.4. The number of para-hydroxylation sites is 1. The lowest BCUT2D eigenvalue weighted by molar-refractivity contribution is -0.119. The van der Waals surface area contributed by atoms with Crippen LogP contribution in [0.1, 0.15) is 31.2 Å². The standard InChI is InChI=1S/C21H22BrNO5S/c1-3-27-18-9-5-7-16-11-19(28-21(16)18)14(2)23-20(24)13-29(25,26)12-15-6-4-8-17(22)10-15/h4-11,14H,3,12-13H2,1-2H3,(H,23,24). The van der Waals surface area contributed by atoms with Gasteiger partial charge in [0, 0.05) is 9.86 Å². The van der Waals surface area contributed by atoms with Crippen LogP contribution >= 0.6 is 15.9 Å². The maximum absolute atomic E-state index is 12.4. The second-order valence-electron chi connectivity index (χ2n) is 6.71. The fourth-order valence-corrected chi connectivity index (χ4v) is 4.74. The van der Waals surface area contributed by atoms with E-state index < -0.39 is 27.5 Å². The predicted molar refractivity (Wildman–Crippen MR) is 116 cm³/mol. The minimum absolute atomic E-state index is 0.198. The molecule has 0 fully saturated rings. The highest BCUT2D eigenvalue weighted by molar-refractivity contribution is 9.10. The Kier molecular flexibility index (Phi) is 6.64. The fraction of sp³-hybridized carbons (Fsp3) is 0.286. The minimum Gasteiger partial charge on any atom is -0.490 e. The van der Waals surface area contributed by atoms with Crippen molar-refractivity contribution < 1.29 is 22.4 Å². The summed E-state index contributed by atoms with van der Waals surface area (Å²) in [4.78, 5) is 12.3. The van der Waals surface area contributed by atoms with Crippen LogP contribution in [0.25, 0.3) is 11.0 Å². The molecule has 1 N–H and O–H groups in total. The number of furan rings is 1. The van der Waals surface area contributed by atoms with Crippen molar-refractivity contribution in [2.45, 2.75) is 25.6 Å². The summed E-state index contributed by atoms with van der Waals surface area (Å²) in [5, 5.41) is 3.56. The van der Waals surface area contributed by atoms with E-state index in [9.17, 15) is 13.2 Å². The van der Waals surface area contributed by atoms with Gasteiger partial charge >= 0.3 is 0 Å². The van der Waals surface area contributed by atoms with Crippen LogP contribution in [0.5, 0.6) is 5.75 Å². The summed E-state index contributed by atoms with van der Waals surface area (Å²) >= 11 is 3.31. The Morgan fingerprint density at radius 1 is 1.21 bits per heavy atom. The Morgan fingerprint density at radius 2 is 1.97 bits per heavy atom. The lowest BCUT2D eigenvalue weighted by Gasteiger charge is -2.12. The fourth-order valence-electron chi connectivity index (χ4n) is 3.02. The van der Waals surface area contributed by atoms with Crippen molar-refractivity contribution in [2.24, 2.45) is 0 Å². The van der Waals surface area contributed by atoms with Gasteiger partial charge in [0.1, 0.15) is 11.5 Å². The average Bonchev–Trinajstić information content (AvgIpc) is 3.06. The van der Waals surface area contributed by atoms with Crippen LogP contribution in [0.2, 0.25) is 0 Å². The third-order valence-electron chi connectivity index (χ3n) is 4.26. The van der Waals surface area contributed by atoms with E-state index >= 15 is 0 Å². The topological polar surface area (TPSA) is 85.6 Å². The Bertz CT molecular complexity index is 1120. The molecule has 3 rings (SSSR count). The van der Waals surface area contributed by atoms with Gasteiger partial charge in [0.05, 0.1) is 18.4 Å². The number of amides is 1. The predicted octanol–water partition coefficient (Wildman–Crippen LogP) is 4.39. The molecule has 1 atom stereocenters. The normalized spacial score (nSPS) is 12.7. The summed E-state index contributed by atoms with van der Waals surface area (Å²) < 4.78 is 37.0. The zero-order valence-corrected chi connectivity index (χ0v) is 18.5. The summed E-state index contributed by atoms with van der Waals surface area (Å²) in [6.07, 6.45) is 0. The number of carbonyl (C=O) groups excluding carboxylic acids is 1. The van der Waals surface area contributed by atoms with E-state index in [1.165, 1.54) is 0 Å². The van der Waals surface area contributed by atoms with Crippen LogP contribution in [0, 0.1) is 0 Å². The van der Waals surface area contributed by atoms with Crippen LogP contribution in [0.15, 0.2) is 57.4 Å². The number of rotatable bonds is 8. The maximum Gasteiger partial charge on any atom is 0.235 e. The second-order valence-corrected chi connectivity index (χ2v) is 9.69. The highest BCUT2D eigenvalue weighted by Gasteiger charge is 2.21. The van der Waals surface area contributed by atoms with Crippen molar-refractivity contribution in [1.29, 1.82) is 0 Å². The zero-order valence-electron chi connectivity index (χ0n) is 16.1. The molecular formula is C21H22BrNO5S. The molecule has 8 heteroatoms. The van der Waals surface area contributed by atoms with Gasteiger partial charge in [0.25, 0.3) is 0 Å². The van der Waals surface area contributed by atoms with Gasteiger partial charge in [-0.15, -0.1) is 0 Å². The number of hydrogen-bond donors (Lipinski definition) is 1. The molecule has 0 radical (unpaired) electrons. The van der Waals surface area contributed by atoms with E-state index in [-0.39, 0.29) is 5.75 Å². The molecule has 0 saturated carbocycles. The van der Waals surface area contributed by atoms with Gasteiger partial charge in [-0.3, -0.25) is 4.79 Å². The Balaban J connectivity index is 1.67. The first-order chi connectivity index (χ1) is 13.8. The molecule has 154 valence electrons. The average molecular weight is 480 g/mol. The number of hydrogen-bond acceptors (Lipinski definition) is 5. The van der Waals surface area contributed by atoms with E-state index in [0.29, 0.717) is 29.3 Å². The SMILES string of the molecule is CCOc1cccc2cc(C(C)NC(=O)CS(=O)(=O)Cc3cccc(Br)c3)oc12. The van der Waals surface area contributed by atoms with Gasteiger partial charge in [0.2, 0.25) is 5.91 Å². The maximum atomic E-state index is 12.4. The highest BCUT2D eigenvalue weighted by Crippen LogP contribution is 2.31. The molecule has 3 aromatic rings. The highest BCUT2D eigenvalue weighted by atomic mass is 79.9. The van der Waals surface area contributed by atoms with Crippen LogP contribution in [0.3, 0.4) is 0 Å². The number of ether oxygens (including phenoxy) is 1. The molecule has 0 saturated heterocycles. The molecule has 29 heavy (non-hydrogen) atoms. The summed E-state index contributed by atoms with van der Waals surface area (Å²) in [6, 6.07) is 13.9. The van der Waals surface area contributed by atoms with E-state index in [2.05, 4.69) is 21.2 Å². The van der Waals surface area contributed by atoms with Crippen molar-refractivity contribution in [3.63, 3.8) is 0 Å². The number of nitrogens with one attached hydrogen (secondary N) is 1. The monoisotopic (exact) mass is 479 g/mol. The molecule has 1 amide bonds. The van der Waals surface area contributed by atoms with Crippen molar-refractivity contribution in [3.05, 3.63) is 64.3 Å². The summed E-state index contributed by atoms with van der Waals surface area (Å²) in [7, 11) is -3.60. The number of fused-ring (bicyclic) bond motifs is 1. The number of sulfone groups is 1. The first-order valence-corrected chi connectivity index (χ1v) is 11.8. The summed E-state index contributed by atoms with van der Waals surface area (Å²) in [5.74, 6) is -0.195. The quantitative estimate of drug-likeness (QED) is 0.517. The molecular weight excluding hydrogens is 458 g/mol. The molecule has 0 aliphatic heterocycles. The van der Waals surface area contributed by atoms with Crippen molar-refractivity contribution in [1.82, 2.24) is 5.32 Å². The van der Waals surface area contributed by atoms with E-state index in [0.717, 1.165) is 9.86 Å². The smallest absolute Gasteiger partial charge is 0.235 e. The van der Waals surface area contributed by atoms with Crippen LogP contribution < -0.4 is 10.1 Å². The van der Waals surface area contributed by atoms with Crippen molar-refractivity contribution >= 4 is 42.6 Å². The van der Waals surface area contributed by atoms with E-state index in [4.69, 9.17) is 9.15 Å². The molecule has 0 spiro atoms. The van der Waals surface area contributed by atoms with Gasteiger partial charge in [-0.25, -0.2) is 8.42 Å². The second kappa shape index (κ2) is 9.00. The minimum atomic E-state index is -3.60. The van der Waals surface area contributed by atoms with Gasteiger partial charge in [-0.05, 0) is 43.7 Å². The van der Waals surface area contributed by atoms with Crippen LogP contribution in [-0.2, 0) is 20.4 Å². The van der Waals surface area contributed by atoms with Crippen LogP contribution in [0.4, 0.5) is 0 Å². The van der Waals surface area contributed by atoms with Crippen LogP contribution in [-0.4, -0.2) is 26.7 Å². The molecule has 6 nitrogen and oxygen atoms in total. The molecule has 1 unspecified atom stereocenters. The third kappa shape index (κ3) is 5.61. The Hall–Kier alpha value is -2.32. The molecule has 1 heterocycles. The van der Waals surface area contributed by atoms with Gasteiger partial charge in [-0.1, -0.05) is 40.2 Å². The van der Waals surface area contributed by atoms with Gasteiger partial charge < -0.3 is 14.5 Å². The van der Waals surface area contributed by atoms with E-state index in [1.807, 2.05) is 37.3 Å². The molecule has 0 aliphatic carbocycles. The van der Waals surface area contributed by atoms with Crippen molar-refractivity contribution in [2.75, 3.05) is 12.4 Å². The summed E-state index contributed by atoms with van der Waals surface area (Å²) in [6.45, 7) is 4.15. The number of carbonyl (C=O) groups is 1. The molecule has 1 aromatic heterocycles. The largest absolute Gasteiger partial charge is 0.490 e. The van der Waals surface area contributed by atoms with Crippen molar-refractivity contribution in [3.8, 4) is 5.75 Å². The zero-order chi connectivity index (χ0) is 21.0. The lowest BCUT2D eigenvalue weighted by Crippen LogP contribution is -2.32. The lowest BCUT2D eigenvalue weighted by atomic mass is 10.2. The summed E-state index contributed by atoms with van der Waals surface area (Å²) in [5.41, 5.74) is 1.23. The third-order valence-corrected chi connectivity index (χ3v) is 6.23. The molecule has 0 aliphatic rings.